The second-order valence-electron chi connectivity index (χ2n) is 7.03. The van der Waals surface area contributed by atoms with Crippen molar-refractivity contribution >= 4 is 11.9 Å². The molecular formula is C22H25NO5. The second-order valence-corrected chi connectivity index (χ2v) is 7.03. The Balaban J connectivity index is 1.69. The first-order valence-corrected chi connectivity index (χ1v) is 9.49. The van der Waals surface area contributed by atoms with Gasteiger partial charge in [0.2, 0.25) is 5.91 Å². The topological polar surface area (TPSA) is 84.9 Å². The molecule has 0 spiro atoms. The summed E-state index contributed by atoms with van der Waals surface area (Å²) in [5.74, 6) is -0.0820. The van der Waals surface area contributed by atoms with Crippen LogP contribution in [0.2, 0.25) is 0 Å². The maximum atomic E-state index is 12.4. The van der Waals surface area contributed by atoms with Gasteiger partial charge in [0.05, 0.1) is 17.9 Å². The van der Waals surface area contributed by atoms with E-state index in [1.165, 1.54) is 5.56 Å². The first-order chi connectivity index (χ1) is 13.5. The summed E-state index contributed by atoms with van der Waals surface area (Å²) in [6.07, 6.45) is 1.71. The molecule has 0 saturated heterocycles. The van der Waals surface area contributed by atoms with Crippen molar-refractivity contribution in [1.82, 2.24) is 5.48 Å². The van der Waals surface area contributed by atoms with E-state index in [2.05, 4.69) is 6.92 Å². The van der Waals surface area contributed by atoms with Crippen LogP contribution in [0.3, 0.4) is 0 Å². The number of hydrogen-bond acceptors (Lipinski definition) is 5. The summed E-state index contributed by atoms with van der Waals surface area (Å²) in [4.78, 5) is 24.2. The molecule has 28 heavy (non-hydrogen) atoms. The number of hydrogen-bond donors (Lipinski definition) is 2. The summed E-state index contributed by atoms with van der Waals surface area (Å²) in [6, 6.07) is 15.4. The molecule has 2 unspecified atom stereocenters. The lowest BCUT2D eigenvalue weighted by molar-refractivity contribution is -0.152. The molecule has 0 heterocycles. The van der Waals surface area contributed by atoms with Gasteiger partial charge in [-0.15, -0.1) is 0 Å². The Kier molecular flexibility index (Phi) is 5.99. The van der Waals surface area contributed by atoms with E-state index in [4.69, 9.17) is 14.7 Å². The van der Waals surface area contributed by atoms with E-state index in [0.717, 1.165) is 17.7 Å². The van der Waals surface area contributed by atoms with Crippen molar-refractivity contribution < 1.29 is 24.3 Å². The number of nitrogens with one attached hydrogen (secondary N) is 1. The maximum Gasteiger partial charge on any atom is 0.313 e. The molecule has 6 heteroatoms. The number of rotatable bonds is 8. The predicted octanol–water partition coefficient (Wildman–Crippen LogP) is 3.66. The van der Waals surface area contributed by atoms with Gasteiger partial charge in [0.15, 0.2) is 0 Å². The van der Waals surface area contributed by atoms with E-state index in [9.17, 15) is 9.59 Å². The smallest absolute Gasteiger partial charge is 0.313 e. The van der Waals surface area contributed by atoms with Gasteiger partial charge in [0.25, 0.3) is 0 Å². The van der Waals surface area contributed by atoms with E-state index >= 15 is 0 Å². The minimum absolute atomic E-state index is 0.248. The predicted molar refractivity (Wildman–Crippen MR) is 103 cm³/mol. The van der Waals surface area contributed by atoms with E-state index in [1.54, 1.807) is 12.4 Å². The molecule has 148 valence electrons. The Morgan fingerprint density at radius 1 is 1.04 bits per heavy atom. The molecule has 0 aliphatic heterocycles. The van der Waals surface area contributed by atoms with Crippen LogP contribution < -0.4 is 10.2 Å². The fourth-order valence-corrected chi connectivity index (χ4v) is 3.46. The zero-order valence-corrected chi connectivity index (χ0v) is 16.1. The largest absolute Gasteiger partial charge is 0.466 e. The fraction of sp³-hybridized carbons (Fsp3) is 0.364. The van der Waals surface area contributed by atoms with Gasteiger partial charge in [-0.3, -0.25) is 14.8 Å². The number of hydroxylamine groups is 1. The Labute approximate surface area is 164 Å². The number of benzene rings is 2. The molecule has 1 amide bonds. The monoisotopic (exact) mass is 383 g/mol. The average molecular weight is 383 g/mol. The quantitative estimate of drug-likeness (QED) is 0.413. The number of ether oxygens (including phenoxy) is 2. The summed E-state index contributed by atoms with van der Waals surface area (Å²) >= 11 is 0. The van der Waals surface area contributed by atoms with Crippen LogP contribution in [0.15, 0.2) is 48.5 Å². The van der Waals surface area contributed by atoms with Crippen LogP contribution >= 0.6 is 0 Å². The summed E-state index contributed by atoms with van der Waals surface area (Å²) in [6.45, 7) is 4.08. The minimum Gasteiger partial charge on any atom is -0.466 e. The molecule has 1 aliphatic carbocycles. The SMILES string of the molecule is CCOC(=O)C1(Cc2ccc(Oc3ccc(CC)cc3)cc2)CC1C(=O)NO. The summed E-state index contributed by atoms with van der Waals surface area (Å²) in [5, 5.41) is 8.90. The van der Waals surface area contributed by atoms with Gasteiger partial charge >= 0.3 is 5.97 Å². The van der Waals surface area contributed by atoms with Crippen molar-refractivity contribution in [1.29, 1.82) is 0 Å². The van der Waals surface area contributed by atoms with E-state index in [1.807, 2.05) is 48.5 Å². The molecule has 2 atom stereocenters. The zero-order chi connectivity index (χ0) is 20.1. The number of esters is 1. The van der Waals surface area contributed by atoms with Gasteiger partial charge in [0, 0.05) is 0 Å². The molecule has 0 radical (unpaired) electrons. The van der Waals surface area contributed by atoms with Crippen LogP contribution in [0.5, 0.6) is 11.5 Å². The molecule has 3 rings (SSSR count). The summed E-state index contributed by atoms with van der Waals surface area (Å²) < 4.78 is 11.0. The lowest BCUT2D eigenvalue weighted by Gasteiger charge is -2.16. The van der Waals surface area contributed by atoms with Gasteiger partial charge in [-0.05, 0) is 61.6 Å². The molecular weight excluding hydrogens is 358 g/mol. The van der Waals surface area contributed by atoms with Crippen LogP contribution in [0.1, 0.15) is 31.4 Å². The highest BCUT2D eigenvalue weighted by Crippen LogP contribution is 2.56. The van der Waals surface area contributed by atoms with Crippen molar-refractivity contribution in [3.8, 4) is 11.5 Å². The molecule has 2 N–H and O–H groups in total. The molecule has 1 aliphatic rings. The Morgan fingerprint density at radius 2 is 1.61 bits per heavy atom. The van der Waals surface area contributed by atoms with Crippen LogP contribution in [0.4, 0.5) is 0 Å². The van der Waals surface area contributed by atoms with Crippen molar-refractivity contribution in [3.63, 3.8) is 0 Å². The molecule has 1 saturated carbocycles. The second kappa shape index (κ2) is 8.44. The third-order valence-electron chi connectivity index (χ3n) is 5.19. The number of carbonyl (C=O) groups excluding carboxylic acids is 2. The van der Waals surface area contributed by atoms with Gasteiger partial charge < -0.3 is 9.47 Å². The standard InChI is InChI=1S/C22H25NO5/c1-3-15-5-9-17(10-6-15)28-18-11-7-16(8-12-18)13-22(21(25)27-4-2)14-19(22)20(24)23-26/h5-12,19,26H,3-4,13-14H2,1-2H3,(H,23,24). The molecule has 6 nitrogen and oxygen atoms in total. The van der Waals surface area contributed by atoms with Crippen LogP contribution in [0, 0.1) is 11.3 Å². The van der Waals surface area contributed by atoms with E-state index in [-0.39, 0.29) is 6.61 Å². The third-order valence-corrected chi connectivity index (χ3v) is 5.19. The van der Waals surface area contributed by atoms with E-state index < -0.39 is 23.2 Å². The van der Waals surface area contributed by atoms with Gasteiger partial charge in [0.1, 0.15) is 11.5 Å². The highest BCUT2D eigenvalue weighted by Gasteiger charge is 2.64. The van der Waals surface area contributed by atoms with Crippen molar-refractivity contribution in [2.75, 3.05) is 6.61 Å². The Hall–Kier alpha value is -2.86. The Bertz CT molecular complexity index is 831. The van der Waals surface area contributed by atoms with Crippen molar-refractivity contribution in [3.05, 3.63) is 59.7 Å². The molecule has 1 fully saturated rings. The molecule has 2 aromatic rings. The number of aryl methyl sites for hydroxylation is 1. The highest BCUT2D eigenvalue weighted by molar-refractivity contribution is 5.93. The lowest BCUT2D eigenvalue weighted by atomic mass is 9.93. The first kappa shape index (κ1) is 19.9. The zero-order valence-electron chi connectivity index (χ0n) is 16.1. The van der Waals surface area contributed by atoms with E-state index in [0.29, 0.717) is 18.6 Å². The first-order valence-electron chi connectivity index (χ1n) is 9.49. The summed E-state index contributed by atoms with van der Waals surface area (Å²) in [7, 11) is 0. The van der Waals surface area contributed by atoms with Gasteiger partial charge in [-0.25, -0.2) is 5.48 Å². The number of carbonyl (C=O) groups is 2. The third kappa shape index (κ3) is 4.17. The molecule has 2 aromatic carbocycles. The minimum atomic E-state index is -0.915. The lowest BCUT2D eigenvalue weighted by Crippen LogP contribution is -2.30. The average Bonchev–Trinajstić information content (AvgIpc) is 3.45. The number of amides is 1. The van der Waals surface area contributed by atoms with Crippen molar-refractivity contribution in [2.45, 2.75) is 33.1 Å². The van der Waals surface area contributed by atoms with Crippen LogP contribution in [-0.2, 0) is 27.2 Å². The highest BCUT2D eigenvalue weighted by atomic mass is 16.5. The van der Waals surface area contributed by atoms with Gasteiger partial charge in [-0.2, -0.15) is 0 Å². The van der Waals surface area contributed by atoms with Crippen molar-refractivity contribution in [2.24, 2.45) is 11.3 Å². The van der Waals surface area contributed by atoms with Crippen LogP contribution in [-0.4, -0.2) is 23.7 Å². The normalized spacial score (nSPS) is 20.3. The summed E-state index contributed by atoms with van der Waals surface area (Å²) in [5.41, 5.74) is 2.87. The van der Waals surface area contributed by atoms with Crippen LogP contribution in [0.25, 0.3) is 0 Å². The Morgan fingerprint density at radius 3 is 2.11 bits per heavy atom. The maximum absolute atomic E-state index is 12.4. The molecule has 0 aromatic heterocycles. The molecule has 0 bridgehead atoms. The fourth-order valence-electron chi connectivity index (χ4n) is 3.46. The van der Waals surface area contributed by atoms with Gasteiger partial charge in [-0.1, -0.05) is 31.2 Å².